The minimum Gasteiger partial charge on any atom is -0.351 e. The highest BCUT2D eigenvalue weighted by Gasteiger charge is 2.17. The van der Waals surface area contributed by atoms with Crippen molar-refractivity contribution in [3.05, 3.63) is 77.5 Å². The number of rotatable bonds is 8. The number of benzene rings is 2. The smallest absolute Gasteiger partial charge is 0.254 e. The molecule has 0 aliphatic carbocycles. The van der Waals surface area contributed by atoms with Gasteiger partial charge in [-0.1, -0.05) is 42.1 Å². The maximum Gasteiger partial charge on any atom is 0.254 e. The maximum atomic E-state index is 13.7. The van der Waals surface area contributed by atoms with Crippen LogP contribution in [0.5, 0.6) is 0 Å². The average Bonchev–Trinajstić information content (AvgIpc) is 3.32. The molecule has 0 aliphatic heterocycles. The van der Waals surface area contributed by atoms with Crippen LogP contribution in [0.15, 0.2) is 59.9 Å². The minimum atomic E-state index is -0.557. The predicted octanol–water partition coefficient (Wildman–Crippen LogP) is 3.39. The molecule has 1 N–H and O–H groups in total. The summed E-state index contributed by atoms with van der Waals surface area (Å²) in [5.74, 6) is -0.101. The Morgan fingerprint density at radius 2 is 1.78 bits per heavy atom. The molecule has 0 saturated carbocycles. The Morgan fingerprint density at radius 1 is 1.03 bits per heavy atom. The summed E-state index contributed by atoms with van der Waals surface area (Å²) in [7, 11) is 3.74. The molecule has 0 fully saturated rings. The monoisotopic (exact) mass is 451 g/mol. The van der Waals surface area contributed by atoms with Crippen molar-refractivity contribution in [1.29, 1.82) is 0 Å². The fourth-order valence-corrected chi connectivity index (χ4v) is 4.30. The second kappa shape index (κ2) is 9.35. The molecular formula is C23H22FN5O2S. The number of para-hydroxylation sites is 1. The number of Topliss-reactive ketones (excluding diaryl/α,β-unsaturated/α-hetero) is 1. The standard InChI is InChI=1S/C23H22FN5O2S/c1-28-13-17(15-7-4-6-10-19(15)28)20(30)14-32-23-27-26-21(29(23)2)11-12-25-22(31)16-8-3-5-9-18(16)24/h3-10,13H,11-12,14H2,1-2H3,(H,25,31). The largest absolute Gasteiger partial charge is 0.351 e. The third-order valence-electron chi connectivity index (χ3n) is 5.21. The number of nitrogens with zero attached hydrogens (tertiary/aromatic N) is 4. The van der Waals surface area contributed by atoms with E-state index in [-0.39, 0.29) is 17.1 Å². The van der Waals surface area contributed by atoms with E-state index in [1.165, 1.54) is 30.0 Å². The highest BCUT2D eigenvalue weighted by Crippen LogP contribution is 2.24. The second-order valence-corrected chi connectivity index (χ2v) is 8.27. The van der Waals surface area contributed by atoms with Crippen molar-refractivity contribution in [3.63, 3.8) is 0 Å². The van der Waals surface area contributed by atoms with Crippen molar-refractivity contribution in [2.45, 2.75) is 11.6 Å². The zero-order chi connectivity index (χ0) is 22.7. The number of thioether (sulfide) groups is 1. The van der Waals surface area contributed by atoms with Gasteiger partial charge < -0.3 is 14.5 Å². The van der Waals surface area contributed by atoms with Crippen LogP contribution in [0.4, 0.5) is 4.39 Å². The van der Waals surface area contributed by atoms with Gasteiger partial charge in [-0.15, -0.1) is 10.2 Å². The van der Waals surface area contributed by atoms with E-state index in [0.29, 0.717) is 29.5 Å². The van der Waals surface area contributed by atoms with Crippen molar-refractivity contribution in [1.82, 2.24) is 24.6 Å². The Balaban J connectivity index is 1.34. The van der Waals surface area contributed by atoms with Gasteiger partial charge in [0.15, 0.2) is 10.9 Å². The van der Waals surface area contributed by atoms with Crippen LogP contribution in [0.1, 0.15) is 26.5 Å². The fraction of sp³-hybridized carbons (Fsp3) is 0.217. The first-order valence-corrected chi connectivity index (χ1v) is 11.1. The van der Waals surface area contributed by atoms with Gasteiger partial charge in [0.05, 0.1) is 11.3 Å². The molecule has 7 nitrogen and oxygen atoms in total. The normalized spacial score (nSPS) is 11.1. The number of hydrogen-bond acceptors (Lipinski definition) is 5. The van der Waals surface area contributed by atoms with Gasteiger partial charge in [-0.3, -0.25) is 9.59 Å². The molecule has 1 amide bonds. The number of ketones is 1. The van der Waals surface area contributed by atoms with Crippen LogP contribution in [0.25, 0.3) is 10.9 Å². The number of halogens is 1. The maximum absolute atomic E-state index is 13.7. The fourth-order valence-electron chi connectivity index (χ4n) is 3.49. The topological polar surface area (TPSA) is 81.8 Å². The molecule has 0 atom stereocenters. The van der Waals surface area contributed by atoms with Crippen LogP contribution in [0.2, 0.25) is 0 Å². The number of hydrogen-bond donors (Lipinski definition) is 1. The lowest BCUT2D eigenvalue weighted by Gasteiger charge is -2.06. The van der Waals surface area contributed by atoms with E-state index in [2.05, 4.69) is 15.5 Å². The number of aromatic nitrogens is 4. The van der Waals surface area contributed by atoms with Gasteiger partial charge in [0.2, 0.25) is 0 Å². The summed E-state index contributed by atoms with van der Waals surface area (Å²) < 4.78 is 17.4. The zero-order valence-electron chi connectivity index (χ0n) is 17.7. The molecule has 0 saturated heterocycles. The first kappa shape index (κ1) is 21.8. The molecule has 2 aromatic carbocycles. The van der Waals surface area contributed by atoms with Crippen LogP contribution in [0.3, 0.4) is 0 Å². The van der Waals surface area contributed by atoms with E-state index in [4.69, 9.17) is 0 Å². The molecule has 164 valence electrons. The number of carbonyl (C=O) groups is 2. The van der Waals surface area contributed by atoms with E-state index in [9.17, 15) is 14.0 Å². The van der Waals surface area contributed by atoms with E-state index in [1.807, 2.05) is 49.1 Å². The summed E-state index contributed by atoms with van der Waals surface area (Å²) in [5.41, 5.74) is 1.71. The van der Waals surface area contributed by atoms with Gasteiger partial charge >= 0.3 is 0 Å². The Bertz CT molecular complexity index is 1300. The number of aryl methyl sites for hydroxylation is 1. The van der Waals surface area contributed by atoms with Crippen LogP contribution in [0, 0.1) is 5.82 Å². The van der Waals surface area contributed by atoms with Gasteiger partial charge in [0, 0.05) is 49.7 Å². The number of amides is 1. The number of nitrogens with one attached hydrogen (secondary N) is 1. The molecule has 9 heteroatoms. The predicted molar refractivity (Wildman–Crippen MR) is 121 cm³/mol. The lowest BCUT2D eigenvalue weighted by atomic mass is 10.1. The van der Waals surface area contributed by atoms with Gasteiger partial charge in [-0.25, -0.2) is 4.39 Å². The molecule has 2 heterocycles. The summed E-state index contributed by atoms with van der Waals surface area (Å²) in [6.07, 6.45) is 2.29. The lowest BCUT2D eigenvalue weighted by molar-refractivity contribution is 0.0949. The third kappa shape index (κ3) is 4.43. The van der Waals surface area contributed by atoms with E-state index < -0.39 is 11.7 Å². The first-order chi connectivity index (χ1) is 15.5. The zero-order valence-corrected chi connectivity index (χ0v) is 18.5. The molecule has 0 aliphatic rings. The molecule has 0 radical (unpaired) electrons. The number of fused-ring (bicyclic) bond motifs is 1. The van der Waals surface area contributed by atoms with Crippen molar-refractivity contribution in [2.24, 2.45) is 14.1 Å². The Kier molecular flexibility index (Phi) is 6.36. The first-order valence-electron chi connectivity index (χ1n) is 10.1. The van der Waals surface area contributed by atoms with Gasteiger partial charge in [0.1, 0.15) is 11.6 Å². The molecule has 0 unspecified atom stereocenters. The SMILES string of the molecule is Cn1c(CCNC(=O)c2ccccc2F)nnc1SCC(=O)c1cn(C)c2ccccc12. The van der Waals surface area contributed by atoms with Crippen molar-refractivity contribution in [3.8, 4) is 0 Å². The van der Waals surface area contributed by atoms with Crippen molar-refractivity contribution >= 4 is 34.4 Å². The molecule has 2 aromatic heterocycles. The Labute approximate surface area is 188 Å². The minimum absolute atomic E-state index is 0.00802. The second-order valence-electron chi connectivity index (χ2n) is 7.33. The van der Waals surface area contributed by atoms with Crippen LogP contribution < -0.4 is 5.32 Å². The van der Waals surface area contributed by atoms with Crippen LogP contribution in [-0.2, 0) is 20.5 Å². The quantitative estimate of drug-likeness (QED) is 0.328. The van der Waals surface area contributed by atoms with E-state index in [0.717, 1.165) is 10.9 Å². The van der Waals surface area contributed by atoms with Gasteiger partial charge in [0.25, 0.3) is 5.91 Å². The summed E-state index contributed by atoms with van der Waals surface area (Å²) in [6.45, 7) is 0.290. The van der Waals surface area contributed by atoms with Gasteiger partial charge in [-0.2, -0.15) is 0 Å². The average molecular weight is 452 g/mol. The summed E-state index contributed by atoms with van der Waals surface area (Å²) in [5, 5.41) is 12.6. The van der Waals surface area contributed by atoms with Crippen molar-refractivity contribution in [2.75, 3.05) is 12.3 Å². The molecule has 0 bridgehead atoms. The lowest BCUT2D eigenvalue weighted by Crippen LogP contribution is -2.27. The van der Waals surface area contributed by atoms with E-state index >= 15 is 0 Å². The molecular weight excluding hydrogens is 429 g/mol. The molecule has 4 rings (SSSR count). The van der Waals surface area contributed by atoms with Crippen LogP contribution >= 0.6 is 11.8 Å². The Morgan fingerprint density at radius 3 is 2.59 bits per heavy atom. The Hall–Kier alpha value is -3.46. The summed E-state index contributed by atoms with van der Waals surface area (Å²) in [4.78, 5) is 24.9. The number of carbonyl (C=O) groups excluding carboxylic acids is 2. The highest BCUT2D eigenvalue weighted by atomic mass is 32.2. The molecule has 0 spiro atoms. The summed E-state index contributed by atoms with van der Waals surface area (Å²) >= 11 is 1.32. The molecule has 4 aromatic rings. The third-order valence-corrected chi connectivity index (χ3v) is 6.23. The van der Waals surface area contributed by atoms with Crippen LogP contribution in [-0.4, -0.2) is 43.3 Å². The van der Waals surface area contributed by atoms with E-state index in [1.54, 1.807) is 10.6 Å². The summed E-state index contributed by atoms with van der Waals surface area (Å²) in [6, 6.07) is 13.6. The van der Waals surface area contributed by atoms with Crippen molar-refractivity contribution < 1.29 is 14.0 Å². The van der Waals surface area contributed by atoms with Gasteiger partial charge in [-0.05, 0) is 18.2 Å². The molecule has 32 heavy (non-hydrogen) atoms. The highest BCUT2D eigenvalue weighted by molar-refractivity contribution is 7.99.